The van der Waals surface area contributed by atoms with Crippen LogP contribution < -0.4 is 5.32 Å². The van der Waals surface area contributed by atoms with Crippen molar-refractivity contribution in [2.24, 2.45) is 5.41 Å². The molecular weight excluding hydrogens is 260 g/mol. The molecule has 106 valence electrons. The molecule has 0 bridgehead atoms. The zero-order chi connectivity index (χ0) is 13.9. The van der Waals surface area contributed by atoms with Crippen molar-refractivity contribution in [1.82, 2.24) is 4.98 Å². The normalized spacial score (nSPS) is 21.9. The molecule has 0 amide bonds. The molecule has 0 aromatic carbocycles. The van der Waals surface area contributed by atoms with Crippen LogP contribution in [0.2, 0.25) is 0 Å². The Morgan fingerprint density at radius 1 is 1.58 bits per heavy atom. The number of hydrogen-bond donors (Lipinski definition) is 1. The number of carbonyl (C=O) groups is 1. The SMILES string of the molecule is CCOC(=O)c1csc(NC2CCCCC2(C)C)n1. The van der Waals surface area contributed by atoms with Gasteiger partial charge in [-0.05, 0) is 25.2 Å². The molecule has 0 radical (unpaired) electrons. The second-order valence-corrected chi connectivity index (χ2v) is 6.55. The van der Waals surface area contributed by atoms with E-state index in [1.165, 1.54) is 37.0 Å². The van der Waals surface area contributed by atoms with Crippen LogP contribution in [0, 0.1) is 5.41 Å². The summed E-state index contributed by atoms with van der Waals surface area (Å²) in [4.78, 5) is 15.9. The Morgan fingerprint density at radius 2 is 2.37 bits per heavy atom. The van der Waals surface area contributed by atoms with Gasteiger partial charge in [-0.2, -0.15) is 0 Å². The summed E-state index contributed by atoms with van der Waals surface area (Å²) in [5.74, 6) is -0.338. The van der Waals surface area contributed by atoms with Crippen LogP contribution in [0.3, 0.4) is 0 Å². The molecule has 1 aliphatic carbocycles. The van der Waals surface area contributed by atoms with E-state index in [1.807, 2.05) is 0 Å². The zero-order valence-electron chi connectivity index (χ0n) is 11.9. The molecule has 4 nitrogen and oxygen atoms in total. The van der Waals surface area contributed by atoms with Gasteiger partial charge in [0.1, 0.15) is 0 Å². The van der Waals surface area contributed by atoms with E-state index in [0.717, 1.165) is 5.13 Å². The third kappa shape index (κ3) is 3.47. The van der Waals surface area contributed by atoms with Crippen LogP contribution in [0.4, 0.5) is 5.13 Å². The van der Waals surface area contributed by atoms with Crippen LogP contribution in [0.5, 0.6) is 0 Å². The van der Waals surface area contributed by atoms with Crippen molar-refractivity contribution in [2.75, 3.05) is 11.9 Å². The topological polar surface area (TPSA) is 51.2 Å². The number of nitrogens with one attached hydrogen (secondary N) is 1. The molecule has 1 saturated carbocycles. The summed E-state index contributed by atoms with van der Waals surface area (Å²) in [6, 6.07) is 0.433. The Bertz CT molecular complexity index is 442. The van der Waals surface area contributed by atoms with E-state index < -0.39 is 0 Å². The third-order valence-electron chi connectivity index (χ3n) is 3.79. The summed E-state index contributed by atoms with van der Waals surface area (Å²) < 4.78 is 4.95. The number of nitrogens with zero attached hydrogens (tertiary/aromatic N) is 1. The standard InChI is InChI=1S/C14H22N2O2S/c1-4-18-12(17)10-9-19-13(15-10)16-11-7-5-6-8-14(11,2)3/h9,11H,4-8H2,1-3H3,(H,15,16). The van der Waals surface area contributed by atoms with Crippen molar-refractivity contribution in [1.29, 1.82) is 0 Å². The summed E-state index contributed by atoms with van der Waals surface area (Å²) in [5, 5.41) is 6.07. The molecule has 1 unspecified atom stereocenters. The summed E-state index contributed by atoms with van der Waals surface area (Å²) in [6.45, 7) is 6.77. The van der Waals surface area contributed by atoms with Gasteiger partial charge in [-0.3, -0.25) is 0 Å². The molecule has 0 saturated heterocycles. The number of hydrogen-bond acceptors (Lipinski definition) is 5. The Labute approximate surface area is 118 Å². The van der Waals surface area contributed by atoms with Gasteiger partial charge in [-0.15, -0.1) is 11.3 Å². The first-order valence-electron chi connectivity index (χ1n) is 6.92. The first kappa shape index (κ1) is 14.3. The van der Waals surface area contributed by atoms with Gasteiger partial charge >= 0.3 is 5.97 Å². The molecule has 0 aliphatic heterocycles. The van der Waals surface area contributed by atoms with Gasteiger partial charge in [0, 0.05) is 11.4 Å². The Morgan fingerprint density at radius 3 is 3.05 bits per heavy atom. The second kappa shape index (κ2) is 5.90. The largest absolute Gasteiger partial charge is 0.461 e. The van der Waals surface area contributed by atoms with Crippen LogP contribution in [0.25, 0.3) is 0 Å². The van der Waals surface area contributed by atoms with Crippen molar-refractivity contribution in [2.45, 2.75) is 52.5 Å². The molecule has 2 rings (SSSR count). The molecule has 1 heterocycles. The maximum Gasteiger partial charge on any atom is 0.357 e. The van der Waals surface area contributed by atoms with Crippen molar-refractivity contribution < 1.29 is 9.53 Å². The van der Waals surface area contributed by atoms with Crippen LogP contribution >= 0.6 is 11.3 Å². The van der Waals surface area contributed by atoms with E-state index in [9.17, 15) is 4.79 Å². The summed E-state index contributed by atoms with van der Waals surface area (Å²) in [6.07, 6.45) is 4.97. The minimum Gasteiger partial charge on any atom is -0.461 e. The number of anilines is 1. The Balaban J connectivity index is 2.01. The van der Waals surface area contributed by atoms with Crippen LogP contribution in [0.1, 0.15) is 56.9 Å². The molecule has 1 atom stereocenters. The van der Waals surface area contributed by atoms with E-state index in [-0.39, 0.29) is 11.4 Å². The van der Waals surface area contributed by atoms with Crippen molar-refractivity contribution in [3.05, 3.63) is 11.1 Å². The lowest BCUT2D eigenvalue weighted by Gasteiger charge is -2.38. The average Bonchev–Trinajstić information content (AvgIpc) is 2.81. The van der Waals surface area contributed by atoms with Crippen molar-refractivity contribution in [3.8, 4) is 0 Å². The molecular formula is C14H22N2O2S. The maximum atomic E-state index is 11.6. The fraction of sp³-hybridized carbons (Fsp3) is 0.714. The van der Waals surface area contributed by atoms with Crippen LogP contribution in [-0.2, 0) is 4.74 Å². The smallest absolute Gasteiger partial charge is 0.357 e. The maximum absolute atomic E-state index is 11.6. The average molecular weight is 282 g/mol. The molecule has 0 spiro atoms. The van der Waals surface area contributed by atoms with Gasteiger partial charge in [0.05, 0.1) is 6.61 Å². The van der Waals surface area contributed by atoms with Gasteiger partial charge in [0.2, 0.25) is 0 Å². The Hall–Kier alpha value is -1.10. The summed E-state index contributed by atoms with van der Waals surface area (Å²) >= 11 is 1.48. The molecule has 19 heavy (non-hydrogen) atoms. The zero-order valence-corrected chi connectivity index (χ0v) is 12.7. The van der Waals surface area contributed by atoms with Gasteiger partial charge in [-0.25, -0.2) is 9.78 Å². The Kier molecular flexibility index (Phi) is 4.45. The molecule has 1 fully saturated rings. The fourth-order valence-corrected chi connectivity index (χ4v) is 3.28. The minimum absolute atomic E-state index is 0.286. The number of thiazole rings is 1. The highest BCUT2D eigenvalue weighted by atomic mass is 32.1. The van der Waals surface area contributed by atoms with Gasteiger partial charge in [-0.1, -0.05) is 26.7 Å². The number of rotatable bonds is 4. The first-order chi connectivity index (χ1) is 9.03. The van der Waals surface area contributed by atoms with E-state index in [2.05, 4.69) is 24.1 Å². The van der Waals surface area contributed by atoms with Gasteiger partial charge in [0.15, 0.2) is 10.8 Å². The third-order valence-corrected chi connectivity index (χ3v) is 4.57. The van der Waals surface area contributed by atoms with Crippen LogP contribution in [-0.4, -0.2) is 23.6 Å². The molecule has 5 heteroatoms. The number of esters is 1. The number of carbonyl (C=O) groups excluding carboxylic acids is 1. The van der Waals surface area contributed by atoms with Gasteiger partial charge in [0.25, 0.3) is 0 Å². The van der Waals surface area contributed by atoms with E-state index in [0.29, 0.717) is 18.3 Å². The highest BCUT2D eigenvalue weighted by Gasteiger charge is 2.32. The fourth-order valence-electron chi connectivity index (χ4n) is 2.55. The van der Waals surface area contributed by atoms with E-state index in [4.69, 9.17) is 4.74 Å². The second-order valence-electron chi connectivity index (χ2n) is 5.69. The van der Waals surface area contributed by atoms with Crippen LogP contribution in [0.15, 0.2) is 5.38 Å². The monoisotopic (exact) mass is 282 g/mol. The lowest BCUT2D eigenvalue weighted by atomic mass is 9.73. The predicted octanol–water partition coefficient (Wildman–Crippen LogP) is 3.70. The number of ether oxygens (including phenoxy) is 1. The van der Waals surface area contributed by atoms with Gasteiger partial charge < -0.3 is 10.1 Å². The van der Waals surface area contributed by atoms with E-state index >= 15 is 0 Å². The quantitative estimate of drug-likeness (QED) is 0.855. The molecule has 1 aromatic heterocycles. The lowest BCUT2D eigenvalue weighted by molar-refractivity contribution is 0.0520. The summed E-state index contributed by atoms with van der Waals surface area (Å²) in [7, 11) is 0. The minimum atomic E-state index is -0.338. The number of aromatic nitrogens is 1. The van der Waals surface area contributed by atoms with Crippen molar-refractivity contribution >= 4 is 22.4 Å². The highest BCUT2D eigenvalue weighted by Crippen LogP contribution is 2.37. The van der Waals surface area contributed by atoms with E-state index in [1.54, 1.807) is 12.3 Å². The van der Waals surface area contributed by atoms with Crippen molar-refractivity contribution in [3.63, 3.8) is 0 Å². The first-order valence-corrected chi connectivity index (χ1v) is 7.80. The highest BCUT2D eigenvalue weighted by molar-refractivity contribution is 7.13. The molecule has 1 aliphatic rings. The lowest BCUT2D eigenvalue weighted by Crippen LogP contribution is -2.38. The molecule has 1 aromatic rings. The molecule has 1 N–H and O–H groups in total. The summed E-state index contributed by atoms with van der Waals surface area (Å²) in [5.41, 5.74) is 0.691. The predicted molar refractivity (Wildman–Crippen MR) is 77.7 cm³/mol.